The maximum atomic E-state index is 12.9. The average Bonchev–Trinajstić information content (AvgIpc) is 2.84. The molecule has 2 heterocycles. The fourth-order valence-electron chi connectivity index (χ4n) is 3.94. The number of halogens is 1. The molecule has 1 amide bonds. The van der Waals surface area contributed by atoms with Crippen molar-refractivity contribution in [3.8, 4) is 0 Å². The number of rotatable bonds is 5. The molecule has 0 radical (unpaired) electrons. The molecule has 0 atom stereocenters. The molecule has 2 aromatic rings. The molecule has 33 heavy (non-hydrogen) atoms. The lowest BCUT2D eigenvalue weighted by Crippen LogP contribution is -2.48. The number of nitrogens with zero attached hydrogens (tertiary/aromatic N) is 4. The summed E-state index contributed by atoms with van der Waals surface area (Å²) in [5.41, 5.74) is 0.460. The molecule has 0 unspecified atom stereocenters. The maximum absolute atomic E-state index is 12.9. The Labute approximate surface area is 200 Å². The lowest BCUT2D eigenvalue weighted by molar-refractivity contribution is -0.384. The Morgan fingerprint density at radius 1 is 0.970 bits per heavy atom. The third-order valence-corrected chi connectivity index (χ3v) is 8.19. The summed E-state index contributed by atoms with van der Waals surface area (Å²) in [6.45, 7) is 2.78. The largest absolute Gasteiger partial charge is 0.378 e. The molecule has 2 aliphatic rings. The first-order chi connectivity index (χ1) is 15.8. The lowest BCUT2D eigenvalue weighted by Gasteiger charge is -2.35. The summed E-state index contributed by atoms with van der Waals surface area (Å²) in [6.07, 6.45) is 0. The van der Waals surface area contributed by atoms with Gasteiger partial charge in [0.1, 0.15) is 5.69 Å². The van der Waals surface area contributed by atoms with Gasteiger partial charge < -0.3 is 14.5 Å². The van der Waals surface area contributed by atoms with Crippen LogP contribution in [0, 0.1) is 10.1 Å². The van der Waals surface area contributed by atoms with Crippen LogP contribution in [-0.4, -0.2) is 80.9 Å². The number of piperazine rings is 1. The summed E-state index contributed by atoms with van der Waals surface area (Å²) in [4.78, 5) is 27.6. The van der Waals surface area contributed by atoms with Crippen LogP contribution < -0.4 is 4.90 Å². The Balaban J connectivity index is 1.50. The number of nitro groups is 1. The fourth-order valence-corrected chi connectivity index (χ4v) is 5.63. The molecule has 4 rings (SSSR count). The quantitative estimate of drug-likeness (QED) is 0.424. The van der Waals surface area contributed by atoms with Gasteiger partial charge >= 0.3 is 0 Å². The zero-order valence-corrected chi connectivity index (χ0v) is 20.1. The van der Waals surface area contributed by atoms with Gasteiger partial charge in [0.2, 0.25) is 10.0 Å². The van der Waals surface area contributed by atoms with Gasteiger partial charge in [-0.05, 0) is 36.4 Å². The molecule has 12 heteroatoms. The van der Waals surface area contributed by atoms with Crippen molar-refractivity contribution in [2.24, 2.45) is 0 Å². The Kier molecular flexibility index (Phi) is 6.98. The molecule has 2 aromatic carbocycles. The summed E-state index contributed by atoms with van der Waals surface area (Å²) in [5.74, 6) is -0.265. The van der Waals surface area contributed by atoms with Crippen LogP contribution in [0.25, 0.3) is 0 Å². The summed E-state index contributed by atoms with van der Waals surface area (Å²) < 4.78 is 33.3. The van der Waals surface area contributed by atoms with Crippen molar-refractivity contribution in [1.29, 1.82) is 0 Å². The monoisotopic (exact) mass is 538 g/mol. The van der Waals surface area contributed by atoms with E-state index in [0.717, 1.165) is 4.47 Å². The molecule has 0 saturated carbocycles. The number of carbonyl (C=O) groups is 1. The number of sulfonamides is 1. The molecule has 0 aliphatic carbocycles. The van der Waals surface area contributed by atoms with E-state index in [2.05, 4.69) is 15.9 Å². The number of anilines is 1. The van der Waals surface area contributed by atoms with Crippen LogP contribution in [0.2, 0.25) is 0 Å². The first kappa shape index (κ1) is 23.6. The zero-order chi connectivity index (χ0) is 23.6. The highest BCUT2D eigenvalue weighted by molar-refractivity contribution is 9.10. The van der Waals surface area contributed by atoms with Gasteiger partial charge in [0, 0.05) is 55.4 Å². The topological polar surface area (TPSA) is 113 Å². The number of amides is 1. The fraction of sp³-hybridized carbons (Fsp3) is 0.381. The van der Waals surface area contributed by atoms with Crippen LogP contribution in [0.15, 0.2) is 51.8 Å². The number of carbonyl (C=O) groups excluding carboxylic acids is 1. The van der Waals surface area contributed by atoms with Gasteiger partial charge in [-0.25, -0.2) is 8.42 Å². The minimum absolute atomic E-state index is 0.168. The first-order valence-electron chi connectivity index (χ1n) is 10.4. The molecule has 10 nitrogen and oxygen atoms in total. The molecular weight excluding hydrogens is 516 g/mol. The second-order valence-electron chi connectivity index (χ2n) is 7.71. The van der Waals surface area contributed by atoms with Crippen molar-refractivity contribution in [1.82, 2.24) is 9.21 Å². The smallest absolute Gasteiger partial charge is 0.293 e. The molecule has 0 aromatic heterocycles. The summed E-state index contributed by atoms with van der Waals surface area (Å²) in [6, 6.07) is 10.9. The van der Waals surface area contributed by atoms with E-state index >= 15 is 0 Å². The minimum atomic E-state index is -3.65. The molecule has 2 saturated heterocycles. The van der Waals surface area contributed by atoms with Crippen LogP contribution >= 0.6 is 15.9 Å². The number of ether oxygens (including phenoxy) is 1. The normalized spacial score (nSPS) is 17.7. The zero-order valence-electron chi connectivity index (χ0n) is 17.7. The molecule has 0 bridgehead atoms. The van der Waals surface area contributed by atoms with E-state index in [9.17, 15) is 23.3 Å². The SMILES string of the molecule is O=C(c1ccc(N2CCN(S(=O)(=O)c3ccc(Br)cc3)CC2)c([N+](=O)[O-])c1)N1CCOCC1. The molecule has 0 spiro atoms. The van der Waals surface area contributed by atoms with E-state index in [4.69, 9.17) is 4.74 Å². The van der Waals surface area contributed by atoms with E-state index in [0.29, 0.717) is 45.1 Å². The number of morpholine rings is 1. The van der Waals surface area contributed by atoms with Crippen molar-refractivity contribution in [3.05, 3.63) is 62.6 Å². The van der Waals surface area contributed by atoms with Crippen molar-refractivity contribution in [2.75, 3.05) is 57.4 Å². The van der Waals surface area contributed by atoms with Crippen molar-refractivity contribution in [2.45, 2.75) is 4.90 Å². The highest BCUT2D eigenvalue weighted by Gasteiger charge is 2.31. The Morgan fingerprint density at radius 3 is 2.21 bits per heavy atom. The summed E-state index contributed by atoms with van der Waals surface area (Å²) in [5, 5.41) is 11.8. The van der Waals surface area contributed by atoms with Crippen LogP contribution in [0.5, 0.6) is 0 Å². The number of hydrogen-bond acceptors (Lipinski definition) is 7. The van der Waals surface area contributed by atoms with E-state index in [1.807, 2.05) is 0 Å². The van der Waals surface area contributed by atoms with E-state index in [1.165, 1.54) is 10.4 Å². The molecule has 2 aliphatic heterocycles. The van der Waals surface area contributed by atoms with E-state index < -0.39 is 14.9 Å². The van der Waals surface area contributed by atoms with Gasteiger partial charge in [0.15, 0.2) is 0 Å². The molecule has 0 N–H and O–H groups in total. The second kappa shape index (κ2) is 9.75. The molecule has 2 fully saturated rings. The number of nitro benzene ring substituents is 1. The second-order valence-corrected chi connectivity index (χ2v) is 10.6. The average molecular weight is 539 g/mol. The lowest BCUT2D eigenvalue weighted by atomic mass is 10.1. The third-order valence-electron chi connectivity index (χ3n) is 5.75. The maximum Gasteiger partial charge on any atom is 0.293 e. The highest BCUT2D eigenvalue weighted by atomic mass is 79.9. The number of benzene rings is 2. The Hall–Kier alpha value is -2.54. The third kappa shape index (κ3) is 5.03. The van der Waals surface area contributed by atoms with Crippen LogP contribution in [0.4, 0.5) is 11.4 Å². The van der Waals surface area contributed by atoms with Crippen molar-refractivity contribution >= 4 is 43.2 Å². The van der Waals surface area contributed by atoms with Crippen LogP contribution in [0.3, 0.4) is 0 Å². The van der Waals surface area contributed by atoms with Gasteiger partial charge in [0.05, 0.1) is 23.0 Å². The van der Waals surface area contributed by atoms with E-state index in [-0.39, 0.29) is 35.1 Å². The first-order valence-corrected chi connectivity index (χ1v) is 12.7. The minimum Gasteiger partial charge on any atom is -0.378 e. The molecule has 176 valence electrons. The summed E-state index contributed by atoms with van der Waals surface area (Å²) in [7, 11) is -3.65. The van der Waals surface area contributed by atoms with E-state index in [1.54, 1.807) is 46.2 Å². The predicted octanol–water partition coefficient (Wildman–Crippen LogP) is 2.34. The van der Waals surface area contributed by atoms with Gasteiger partial charge in [-0.1, -0.05) is 15.9 Å². The Morgan fingerprint density at radius 2 is 1.61 bits per heavy atom. The van der Waals surface area contributed by atoms with Gasteiger partial charge in [0.25, 0.3) is 11.6 Å². The number of hydrogen-bond donors (Lipinski definition) is 0. The van der Waals surface area contributed by atoms with Gasteiger partial charge in [-0.15, -0.1) is 0 Å². The van der Waals surface area contributed by atoms with Crippen molar-refractivity contribution < 1.29 is 22.9 Å². The predicted molar refractivity (Wildman–Crippen MR) is 125 cm³/mol. The Bertz CT molecular complexity index is 1140. The standard InChI is InChI=1S/C21H23BrN4O6S/c22-17-2-4-18(5-3-17)33(30,31)25-9-7-23(8-10-25)19-6-1-16(15-20(19)26(28)29)21(27)24-11-13-32-14-12-24/h1-6,15H,7-14H2. The molecular formula is C21H23BrN4O6S. The van der Waals surface area contributed by atoms with Crippen molar-refractivity contribution in [3.63, 3.8) is 0 Å². The van der Waals surface area contributed by atoms with Crippen LogP contribution in [0.1, 0.15) is 10.4 Å². The van der Waals surface area contributed by atoms with Gasteiger partial charge in [-0.2, -0.15) is 4.31 Å². The van der Waals surface area contributed by atoms with Gasteiger partial charge in [-0.3, -0.25) is 14.9 Å². The summed E-state index contributed by atoms with van der Waals surface area (Å²) >= 11 is 3.30. The highest BCUT2D eigenvalue weighted by Crippen LogP contribution is 2.31. The van der Waals surface area contributed by atoms with Crippen LogP contribution in [-0.2, 0) is 14.8 Å².